The van der Waals surface area contributed by atoms with E-state index in [1.807, 2.05) is 91.5 Å². The molecule has 2 aliphatic rings. The Bertz CT molecular complexity index is 1540. The van der Waals surface area contributed by atoms with Gasteiger partial charge in [-0.3, -0.25) is 9.59 Å². The van der Waals surface area contributed by atoms with Gasteiger partial charge in [-0.1, -0.05) is 54.1 Å². The molecule has 2 heterocycles. The maximum atomic E-state index is 13.5. The van der Waals surface area contributed by atoms with Crippen molar-refractivity contribution in [2.45, 2.75) is 39.7 Å². The van der Waals surface area contributed by atoms with Crippen LogP contribution in [-0.2, 0) is 20.9 Å². The second-order valence-electron chi connectivity index (χ2n) is 11.0. The van der Waals surface area contributed by atoms with Crippen LogP contribution in [0.5, 0.6) is 5.75 Å². The Kier molecular flexibility index (Phi) is 9.14. The van der Waals surface area contributed by atoms with Gasteiger partial charge in [-0.2, -0.15) is 0 Å². The number of ether oxygens (including phenoxy) is 2. The van der Waals surface area contributed by atoms with Gasteiger partial charge in [0.15, 0.2) is 0 Å². The van der Waals surface area contributed by atoms with Gasteiger partial charge in [-0.05, 0) is 56.2 Å². The zero-order valence-electron chi connectivity index (χ0n) is 25.3. The fourth-order valence-corrected chi connectivity index (χ4v) is 6.06. The van der Waals surface area contributed by atoms with Crippen molar-refractivity contribution in [1.29, 1.82) is 0 Å². The van der Waals surface area contributed by atoms with Crippen LogP contribution in [0.25, 0.3) is 0 Å². The number of methoxy groups -OCH3 is 1. The minimum atomic E-state index is -0.403. The zero-order valence-corrected chi connectivity index (χ0v) is 25.3. The number of anilines is 1. The average molecular weight is 582 g/mol. The molecule has 8 nitrogen and oxygen atoms in total. The fourth-order valence-electron chi connectivity index (χ4n) is 6.06. The largest absolute Gasteiger partial charge is 0.495 e. The minimum Gasteiger partial charge on any atom is -0.495 e. The summed E-state index contributed by atoms with van der Waals surface area (Å²) in [6, 6.07) is 23.3. The average Bonchev–Trinajstić information content (AvgIpc) is 3.02. The van der Waals surface area contributed by atoms with Crippen molar-refractivity contribution < 1.29 is 23.9 Å². The molecule has 3 aromatic rings. The van der Waals surface area contributed by atoms with Gasteiger partial charge < -0.3 is 24.2 Å². The zero-order chi connectivity index (χ0) is 30.5. The second-order valence-corrected chi connectivity index (χ2v) is 11.0. The molecule has 1 atom stereocenters. The molecular weight excluding hydrogens is 542 g/mol. The van der Waals surface area contributed by atoms with Crippen LogP contribution >= 0.6 is 0 Å². The van der Waals surface area contributed by atoms with Crippen LogP contribution in [0.1, 0.15) is 53.2 Å². The number of carbonyl (C=O) groups is 3. The van der Waals surface area contributed by atoms with E-state index in [0.717, 1.165) is 28.1 Å². The van der Waals surface area contributed by atoms with Gasteiger partial charge >= 0.3 is 5.97 Å². The number of hydrogen-bond acceptors (Lipinski definition) is 6. The van der Waals surface area contributed by atoms with Crippen molar-refractivity contribution in [3.8, 4) is 5.75 Å². The Morgan fingerprint density at radius 1 is 0.907 bits per heavy atom. The van der Waals surface area contributed by atoms with Gasteiger partial charge in [0.25, 0.3) is 5.91 Å². The number of benzene rings is 3. The predicted molar refractivity (Wildman–Crippen MR) is 166 cm³/mol. The van der Waals surface area contributed by atoms with Gasteiger partial charge in [0.2, 0.25) is 5.91 Å². The summed E-state index contributed by atoms with van der Waals surface area (Å²) >= 11 is 0. The smallest absolute Gasteiger partial charge is 0.336 e. The molecule has 2 amide bonds. The molecule has 0 unspecified atom stereocenters. The molecule has 224 valence electrons. The van der Waals surface area contributed by atoms with Crippen LogP contribution < -0.4 is 9.64 Å². The molecular formula is C35H39N3O5. The number of hydrogen-bond donors (Lipinski definition) is 0. The van der Waals surface area contributed by atoms with Gasteiger partial charge in [-0.25, -0.2) is 4.79 Å². The van der Waals surface area contributed by atoms with E-state index in [1.165, 1.54) is 0 Å². The quantitative estimate of drug-likeness (QED) is 0.335. The van der Waals surface area contributed by atoms with Crippen molar-refractivity contribution in [2.24, 2.45) is 0 Å². The maximum absolute atomic E-state index is 13.5. The van der Waals surface area contributed by atoms with Crippen molar-refractivity contribution >= 4 is 23.5 Å². The summed E-state index contributed by atoms with van der Waals surface area (Å²) in [6.45, 7) is 8.69. The molecule has 8 heteroatoms. The van der Waals surface area contributed by atoms with Crippen molar-refractivity contribution in [3.05, 3.63) is 106 Å². The van der Waals surface area contributed by atoms with E-state index < -0.39 is 5.97 Å². The molecule has 1 saturated heterocycles. The topological polar surface area (TPSA) is 79.4 Å². The fraction of sp³-hybridized carbons (Fsp3) is 0.343. The molecule has 2 aliphatic heterocycles. The number of nitrogens with zero attached hydrogens (tertiary/aromatic N) is 3. The lowest BCUT2D eigenvalue weighted by Crippen LogP contribution is -2.48. The highest BCUT2D eigenvalue weighted by atomic mass is 16.5. The standard InChI is InChI=1S/C35H39N3O5/c1-5-43-35(41)33-25(3)38(32(39)22-29(33)27-12-8-10-24(2)20-27)23-26-11-9-13-28(21-26)34(40)37-18-16-36(17-19-37)30-14-6-7-15-31(30)42-4/h6-15,20-21,29H,5,16-19,22-23H2,1-4H3/t29-/m1/s1. The lowest BCUT2D eigenvalue weighted by molar-refractivity contribution is -0.140. The highest BCUT2D eigenvalue weighted by molar-refractivity contribution is 5.96. The van der Waals surface area contributed by atoms with Gasteiger partial charge in [0.05, 0.1) is 31.5 Å². The van der Waals surface area contributed by atoms with Gasteiger partial charge in [-0.15, -0.1) is 0 Å². The Morgan fingerprint density at radius 2 is 1.65 bits per heavy atom. The van der Waals surface area contributed by atoms with E-state index >= 15 is 0 Å². The monoisotopic (exact) mass is 581 g/mol. The molecule has 0 spiro atoms. The number of allylic oxidation sites excluding steroid dienone is 1. The molecule has 3 aromatic carbocycles. The number of aryl methyl sites for hydroxylation is 1. The highest BCUT2D eigenvalue weighted by Crippen LogP contribution is 2.38. The summed E-state index contributed by atoms with van der Waals surface area (Å²) in [6.07, 6.45) is 0.171. The number of para-hydroxylation sites is 2. The number of esters is 1. The first-order valence-corrected chi connectivity index (χ1v) is 14.8. The van der Waals surface area contributed by atoms with Crippen LogP contribution in [0.3, 0.4) is 0 Å². The summed E-state index contributed by atoms with van der Waals surface area (Å²) in [7, 11) is 1.67. The van der Waals surface area contributed by atoms with E-state index in [-0.39, 0.29) is 37.3 Å². The minimum absolute atomic E-state index is 0.0366. The number of amides is 2. The predicted octanol–water partition coefficient (Wildman–Crippen LogP) is 5.32. The van der Waals surface area contributed by atoms with Crippen LogP contribution in [0.2, 0.25) is 0 Å². The molecule has 0 saturated carbocycles. The SMILES string of the molecule is CCOC(=O)C1=C(C)N(Cc2cccc(C(=O)N3CCN(c4ccccc4OC)CC3)c2)C(=O)C[C@@H]1c1cccc(C)c1. The molecule has 0 aromatic heterocycles. The first-order valence-electron chi connectivity index (χ1n) is 14.8. The van der Waals surface area contributed by atoms with E-state index in [1.54, 1.807) is 18.9 Å². The van der Waals surface area contributed by atoms with E-state index in [9.17, 15) is 14.4 Å². The van der Waals surface area contributed by atoms with E-state index in [4.69, 9.17) is 9.47 Å². The number of carbonyl (C=O) groups excluding carboxylic acids is 3. The molecule has 0 bridgehead atoms. The summed E-state index contributed by atoms with van der Waals surface area (Å²) < 4.78 is 11.0. The van der Waals surface area contributed by atoms with E-state index in [0.29, 0.717) is 43.0 Å². The van der Waals surface area contributed by atoms with Crippen molar-refractivity contribution in [2.75, 3.05) is 44.8 Å². The highest BCUT2D eigenvalue weighted by Gasteiger charge is 2.37. The summed E-state index contributed by atoms with van der Waals surface area (Å²) in [5.41, 5.74) is 5.52. The molecule has 1 fully saturated rings. The first-order chi connectivity index (χ1) is 20.8. The Morgan fingerprint density at radius 3 is 2.37 bits per heavy atom. The summed E-state index contributed by atoms with van der Waals surface area (Å²) in [5, 5.41) is 0. The normalized spacial score (nSPS) is 17.3. The summed E-state index contributed by atoms with van der Waals surface area (Å²) in [5.74, 6) is -0.0556. The van der Waals surface area contributed by atoms with Crippen molar-refractivity contribution in [1.82, 2.24) is 9.80 Å². The first kappa shape index (κ1) is 29.9. The third-order valence-electron chi connectivity index (χ3n) is 8.27. The molecule has 43 heavy (non-hydrogen) atoms. The maximum Gasteiger partial charge on any atom is 0.336 e. The van der Waals surface area contributed by atoms with Crippen LogP contribution in [0, 0.1) is 6.92 Å². The molecule has 0 aliphatic carbocycles. The molecule has 0 N–H and O–H groups in total. The lowest BCUT2D eigenvalue weighted by Gasteiger charge is -2.36. The van der Waals surface area contributed by atoms with Crippen molar-refractivity contribution in [3.63, 3.8) is 0 Å². The number of rotatable bonds is 8. The van der Waals surface area contributed by atoms with Gasteiger partial charge in [0.1, 0.15) is 5.75 Å². The third-order valence-corrected chi connectivity index (χ3v) is 8.27. The third kappa shape index (κ3) is 6.43. The number of piperazine rings is 1. The second kappa shape index (κ2) is 13.2. The molecule has 5 rings (SSSR count). The van der Waals surface area contributed by atoms with Gasteiger partial charge in [0, 0.05) is 49.8 Å². The van der Waals surface area contributed by atoms with Crippen LogP contribution in [0.15, 0.2) is 84.1 Å². The van der Waals surface area contributed by atoms with Crippen LogP contribution in [-0.4, -0.2) is 67.5 Å². The Hall–Kier alpha value is -4.59. The summed E-state index contributed by atoms with van der Waals surface area (Å²) in [4.78, 5) is 45.9. The Labute approximate surface area is 253 Å². The lowest BCUT2D eigenvalue weighted by atomic mass is 9.83. The van der Waals surface area contributed by atoms with E-state index in [2.05, 4.69) is 4.90 Å². The van der Waals surface area contributed by atoms with Crippen LogP contribution in [0.4, 0.5) is 5.69 Å². The molecule has 0 radical (unpaired) electrons. The Balaban J connectivity index is 1.33.